The minimum atomic E-state index is -0.501. The van der Waals surface area contributed by atoms with E-state index in [0.29, 0.717) is 29.6 Å². The Balaban J connectivity index is 0.00000341. The minimum Gasteiger partial charge on any atom is -0.503 e. The third kappa shape index (κ3) is 6.25. The number of aliphatic hydroxyl groups excluding tert-OH is 1. The molecule has 0 saturated carbocycles. The third-order valence-electron chi connectivity index (χ3n) is 5.17. The Kier molecular flexibility index (Phi) is 8.96. The molecule has 1 atom stereocenters. The highest BCUT2D eigenvalue weighted by atomic mass is 35.5. The molecule has 0 bridgehead atoms. The highest BCUT2D eigenvalue weighted by Crippen LogP contribution is 2.24. The Bertz CT molecular complexity index is 961. The van der Waals surface area contributed by atoms with E-state index in [1.807, 2.05) is 49.4 Å². The molecule has 166 valence electrons. The lowest BCUT2D eigenvalue weighted by atomic mass is 10.0. The van der Waals surface area contributed by atoms with E-state index in [9.17, 15) is 14.7 Å². The van der Waals surface area contributed by atoms with Gasteiger partial charge in [0.15, 0.2) is 5.76 Å². The van der Waals surface area contributed by atoms with Gasteiger partial charge >= 0.3 is 0 Å². The smallest absolute Gasteiger partial charge is 0.289 e. The van der Waals surface area contributed by atoms with Crippen LogP contribution in [0.25, 0.3) is 0 Å². The second-order valence-electron chi connectivity index (χ2n) is 7.43. The van der Waals surface area contributed by atoms with Gasteiger partial charge in [0.1, 0.15) is 0 Å². The Morgan fingerprint density at radius 2 is 1.87 bits per heavy atom. The number of carbonyl (C=O) groups excluding carboxylic acids is 2. The molecule has 0 aliphatic carbocycles. The monoisotopic (exact) mass is 462 g/mol. The maximum atomic E-state index is 12.5. The zero-order chi connectivity index (χ0) is 21.7. The van der Waals surface area contributed by atoms with Crippen LogP contribution in [0.2, 0.25) is 10.0 Å². The maximum Gasteiger partial charge on any atom is 0.289 e. The van der Waals surface area contributed by atoms with Crippen LogP contribution in [0.5, 0.6) is 0 Å². The standard InChI is InChI=1S/C23H24Cl2N2O3.CH4/c1-15(17-7-3-2-4-8-17)13-27-14-18(21(28)23(27)30)22(29)26-11-5-6-16-9-10-19(24)20(25)12-16;/h2-4,7-10,12,15,28H,5-6,11,13-14H2,1H3,(H,26,29);1H4/t15-;/m1./s1. The number of rotatable bonds is 8. The van der Waals surface area contributed by atoms with Gasteiger partial charge in [-0.1, -0.05) is 74.0 Å². The predicted molar refractivity (Wildman–Crippen MR) is 126 cm³/mol. The van der Waals surface area contributed by atoms with Gasteiger partial charge in [0, 0.05) is 13.1 Å². The van der Waals surface area contributed by atoms with Gasteiger partial charge in [-0.2, -0.15) is 0 Å². The fourth-order valence-corrected chi connectivity index (χ4v) is 3.78. The van der Waals surface area contributed by atoms with E-state index in [2.05, 4.69) is 5.32 Å². The first-order valence-corrected chi connectivity index (χ1v) is 10.6. The van der Waals surface area contributed by atoms with Gasteiger partial charge < -0.3 is 15.3 Å². The molecule has 7 heteroatoms. The molecule has 2 aromatic rings. The fourth-order valence-electron chi connectivity index (χ4n) is 3.46. The Labute approximate surface area is 193 Å². The molecule has 0 radical (unpaired) electrons. The number of hydrogen-bond donors (Lipinski definition) is 2. The van der Waals surface area contributed by atoms with Crippen molar-refractivity contribution < 1.29 is 14.7 Å². The van der Waals surface area contributed by atoms with Gasteiger partial charge in [-0.05, 0) is 42.0 Å². The minimum absolute atomic E-state index is 0. The lowest BCUT2D eigenvalue weighted by molar-refractivity contribution is -0.128. The van der Waals surface area contributed by atoms with Crippen LogP contribution in [0, 0.1) is 0 Å². The first-order chi connectivity index (χ1) is 14.4. The van der Waals surface area contributed by atoms with Crippen molar-refractivity contribution in [3.63, 3.8) is 0 Å². The largest absolute Gasteiger partial charge is 0.503 e. The van der Waals surface area contributed by atoms with E-state index in [1.54, 1.807) is 6.07 Å². The van der Waals surface area contributed by atoms with E-state index < -0.39 is 17.6 Å². The number of aliphatic hydroxyl groups is 1. The van der Waals surface area contributed by atoms with E-state index in [1.165, 1.54) is 4.90 Å². The summed E-state index contributed by atoms with van der Waals surface area (Å²) in [7, 11) is 0. The van der Waals surface area contributed by atoms with Crippen molar-refractivity contribution in [1.29, 1.82) is 0 Å². The molecule has 1 aliphatic heterocycles. The Hall–Kier alpha value is -2.50. The summed E-state index contributed by atoms with van der Waals surface area (Å²) in [4.78, 5) is 26.4. The average Bonchev–Trinajstić information content (AvgIpc) is 3.02. The van der Waals surface area contributed by atoms with Crippen LogP contribution in [0.4, 0.5) is 0 Å². The summed E-state index contributed by atoms with van der Waals surface area (Å²) in [5.41, 5.74) is 2.25. The van der Waals surface area contributed by atoms with Gasteiger partial charge in [0.05, 0.1) is 22.2 Å². The molecule has 2 amide bonds. The number of amides is 2. The van der Waals surface area contributed by atoms with Crippen molar-refractivity contribution in [2.24, 2.45) is 0 Å². The van der Waals surface area contributed by atoms with Crippen LogP contribution in [-0.2, 0) is 16.0 Å². The first-order valence-electron chi connectivity index (χ1n) is 9.85. The van der Waals surface area contributed by atoms with Crippen LogP contribution in [-0.4, -0.2) is 41.5 Å². The van der Waals surface area contributed by atoms with Crippen LogP contribution >= 0.6 is 23.2 Å². The quantitative estimate of drug-likeness (QED) is 0.533. The van der Waals surface area contributed by atoms with Crippen molar-refractivity contribution in [3.05, 3.63) is 81.0 Å². The van der Waals surface area contributed by atoms with E-state index >= 15 is 0 Å². The predicted octanol–water partition coefficient (Wildman–Crippen LogP) is 5.14. The highest BCUT2D eigenvalue weighted by Gasteiger charge is 2.34. The Morgan fingerprint density at radius 3 is 2.55 bits per heavy atom. The highest BCUT2D eigenvalue weighted by molar-refractivity contribution is 6.42. The second-order valence-corrected chi connectivity index (χ2v) is 8.25. The zero-order valence-electron chi connectivity index (χ0n) is 16.7. The summed E-state index contributed by atoms with van der Waals surface area (Å²) in [6, 6.07) is 15.3. The molecule has 0 aromatic heterocycles. The fraction of sp³-hybridized carbons (Fsp3) is 0.333. The van der Waals surface area contributed by atoms with Crippen molar-refractivity contribution in [2.45, 2.75) is 33.1 Å². The van der Waals surface area contributed by atoms with Gasteiger partial charge in [0.2, 0.25) is 0 Å². The molecular weight excluding hydrogens is 435 g/mol. The summed E-state index contributed by atoms with van der Waals surface area (Å²) in [6.07, 6.45) is 1.42. The van der Waals surface area contributed by atoms with Crippen LogP contribution in [0.15, 0.2) is 59.9 Å². The number of aryl methyl sites for hydroxylation is 1. The molecule has 1 heterocycles. The number of hydrogen-bond acceptors (Lipinski definition) is 3. The second kappa shape index (κ2) is 11.2. The maximum absolute atomic E-state index is 12.5. The third-order valence-corrected chi connectivity index (χ3v) is 5.91. The molecular formula is C24H28Cl2N2O3. The van der Waals surface area contributed by atoms with Gasteiger partial charge in [-0.15, -0.1) is 0 Å². The summed E-state index contributed by atoms with van der Waals surface area (Å²) < 4.78 is 0. The van der Waals surface area contributed by atoms with E-state index in [4.69, 9.17) is 23.2 Å². The van der Waals surface area contributed by atoms with Crippen molar-refractivity contribution in [3.8, 4) is 0 Å². The molecule has 1 aliphatic rings. The molecule has 0 spiro atoms. The van der Waals surface area contributed by atoms with Crippen molar-refractivity contribution in [1.82, 2.24) is 10.2 Å². The van der Waals surface area contributed by atoms with Gasteiger partial charge in [-0.25, -0.2) is 0 Å². The average molecular weight is 463 g/mol. The number of nitrogens with zero attached hydrogens (tertiary/aromatic N) is 1. The van der Waals surface area contributed by atoms with Crippen molar-refractivity contribution in [2.75, 3.05) is 19.6 Å². The van der Waals surface area contributed by atoms with E-state index in [0.717, 1.165) is 17.5 Å². The normalized spacial score (nSPS) is 14.4. The summed E-state index contributed by atoms with van der Waals surface area (Å²) in [6.45, 7) is 2.98. The zero-order valence-corrected chi connectivity index (χ0v) is 18.2. The molecule has 3 rings (SSSR count). The summed E-state index contributed by atoms with van der Waals surface area (Å²) in [5, 5.41) is 14.0. The summed E-state index contributed by atoms with van der Waals surface area (Å²) in [5.74, 6) is -1.28. The molecule has 0 unspecified atom stereocenters. The van der Waals surface area contributed by atoms with E-state index in [-0.39, 0.29) is 25.5 Å². The topological polar surface area (TPSA) is 69.6 Å². The summed E-state index contributed by atoms with van der Waals surface area (Å²) >= 11 is 11.9. The molecule has 31 heavy (non-hydrogen) atoms. The lowest BCUT2D eigenvalue weighted by Crippen LogP contribution is -2.33. The van der Waals surface area contributed by atoms with Crippen LogP contribution < -0.4 is 5.32 Å². The number of nitrogens with one attached hydrogen (secondary N) is 1. The number of halogens is 2. The van der Waals surface area contributed by atoms with Gasteiger partial charge in [0.25, 0.3) is 11.8 Å². The van der Waals surface area contributed by atoms with Gasteiger partial charge in [-0.3, -0.25) is 9.59 Å². The molecule has 2 aromatic carbocycles. The van der Waals surface area contributed by atoms with Crippen LogP contribution in [0.3, 0.4) is 0 Å². The molecule has 5 nitrogen and oxygen atoms in total. The SMILES string of the molecule is C.C[C@H](CN1CC(C(=O)NCCCc2ccc(Cl)c(Cl)c2)=C(O)C1=O)c1ccccc1. The van der Waals surface area contributed by atoms with Crippen molar-refractivity contribution >= 4 is 35.0 Å². The Morgan fingerprint density at radius 1 is 1.16 bits per heavy atom. The van der Waals surface area contributed by atoms with Crippen LogP contribution in [0.1, 0.15) is 37.8 Å². The lowest BCUT2D eigenvalue weighted by Gasteiger charge is -2.21. The molecule has 0 saturated heterocycles. The number of carbonyl (C=O) groups is 2. The molecule has 0 fully saturated rings. The first kappa shape index (κ1) is 24.8. The molecule has 2 N–H and O–H groups in total. The number of benzene rings is 2.